The fraction of sp³-hybridized carbons (Fsp3) is 0.263. The molecule has 0 bridgehead atoms. The zero-order chi connectivity index (χ0) is 18.4. The van der Waals surface area contributed by atoms with Crippen molar-refractivity contribution < 1.29 is 19.4 Å². The van der Waals surface area contributed by atoms with Gasteiger partial charge in [-0.3, -0.25) is 9.59 Å². The average Bonchev–Trinajstić information content (AvgIpc) is 2.61. The third-order valence-electron chi connectivity index (χ3n) is 3.64. The van der Waals surface area contributed by atoms with Gasteiger partial charge in [-0.15, -0.1) is 0 Å². The lowest BCUT2D eigenvalue weighted by molar-refractivity contribution is -0.143. The lowest BCUT2D eigenvalue weighted by Crippen LogP contribution is -2.09. The summed E-state index contributed by atoms with van der Waals surface area (Å²) in [5.41, 5.74) is 2.46. The van der Waals surface area contributed by atoms with E-state index in [1.807, 2.05) is 6.92 Å². The van der Waals surface area contributed by atoms with Crippen LogP contribution in [0.25, 0.3) is 11.3 Å². The van der Waals surface area contributed by atoms with Crippen LogP contribution in [0.4, 0.5) is 0 Å². The molecule has 2 rings (SSSR count). The van der Waals surface area contributed by atoms with Gasteiger partial charge in [0.2, 0.25) is 0 Å². The molecule has 1 aromatic carbocycles. The van der Waals surface area contributed by atoms with Gasteiger partial charge >= 0.3 is 5.97 Å². The molecule has 128 valence electrons. The Hall–Kier alpha value is -3.20. The standard InChI is InChI=1S/C19H18N2O4/c1-3-25-18(24)9-8-17(23)19-16(22)7-6-15(21-19)14-10-13(11-20)5-4-12(14)2/h4-7,10,22H,3,8-9H2,1-2H3. The van der Waals surface area contributed by atoms with Crippen LogP contribution >= 0.6 is 0 Å². The molecule has 0 aliphatic carbocycles. The minimum absolute atomic E-state index is 0.0685. The molecule has 0 aliphatic rings. The lowest BCUT2D eigenvalue weighted by Gasteiger charge is -2.09. The minimum Gasteiger partial charge on any atom is -0.506 e. The predicted octanol–water partition coefficient (Wildman–Crippen LogP) is 3.16. The first kappa shape index (κ1) is 18.1. The summed E-state index contributed by atoms with van der Waals surface area (Å²) in [6.45, 7) is 3.81. The van der Waals surface area contributed by atoms with E-state index in [1.54, 1.807) is 31.2 Å². The molecule has 0 radical (unpaired) electrons. The van der Waals surface area contributed by atoms with E-state index in [2.05, 4.69) is 11.1 Å². The summed E-state index contributed by atoms with van der Waals surface area (Å²) in [5.74, 6) is -1.16. The highest BCUT2D eigenvalue weighted by Gasteiger charge is 2.17. The monoisotopic (exact) mass is 338 g/mol. The van der Waals surface area contributed by atoms with E-state index >= 15 is 0 Å². The number of hydrogen-bond donors (Lipinski definition) is 1. The number of aryl methyl sites for hydroxylation is 1. The summed E-state index contributed by atoms with van der Waals surface area (Å²) in [7, 11) is 0. The summed E-state index contributed by atoms with van der Waals surface area (Å²) in [4.78, 5) is 27.9. The van der Waals surface area contributed by atoms with Gasteiger partial charge in [0.05, 0.1) is 30.4 Å². The maximum atomic E-state index is 12.3. The van der Waals surface area contributed by atoms with Crippen molar-refractivity contribution in [3.63, 3.8) is 0 Å². The number of benzene rings is 1. The Labute approximate surface area is 145 Å². The van der Waals surface area contributed by atoms with Crippen LogP contribution in [-0.2, 0) is 9.53 Å². The normalized spacial score (nSPS) is 10.1. The predicted molar refractivity (Wildman–Crippen MR) is 91.0 cm³/mol. The minimum atomic E-state index is -0.468. The molecule has 2 aromatic rings. The third-order valence-corrected chi connectivity index (χ3v) is 3.64. The number of nitrogens with zero attached hydrogens (tertiary/aromatic N) is 2. The number of aromatic hydroxyl groups is 1. The summed E-state index contributed by atoms with van der Waals surface area (Å²) in [6, 6.07) is 10.2. The van der Waals surface area contributed by atoms with Gasteiger partial charge in [-0.2, -0.15) is 5.26 Å². The molecule has 1 aromatic heterocycles. The topological polar surface area (TPSA) is 100 Å². The summed E-state index contributed by atoms with van der Waals surface area (Å²) >= 11 is 0. The van der Waals surface area contributed by atoms with Crippen LogP contribution in [0.5, 0.6) is 5.75 Å². The van der Waals surface area contributed by atoms with Gasteiger partial charge in [-0.25, -0.2) is 4.98 Å². The van der Waals surface area contributed by atoms with E-state index in [-0.39, 0.29) is 30.9 Å². The molecule has 0 atom stereocenters. The van der Waals surface area contributed by atoms with Crippen LogP contribution < -0.4 is 0 Å². The number of aromatic nitrogens is 1. The van der Waals surface area contributed by atoms with Crippen molar-refractivity contribution in [3.8, 4) is 23.1 Å². The Kier molecular flexibility index (Phi) is 5.85. The Bertz CT molecular complexity index is 853. The number of ether oxygens (including phenoxy) is 1. The third kappa shape index (κ3) is 4.42. The molecule has 0 aliphatic heterocycles. The molecule has 1 heterocycles. The smallest absolute Gasteiger partial charge is 0.306 e. The molecular weight excluding hydrogens is 320 g/mol. The van der Waals surface area contributed by atoms with E-state index < -0.39 is 11.8 Å². The van der Waals surface area contributed by atoms with Gasteiger partial charge in [-0.05, 0) is 43.7 Å². The number of nitriles is 1. The number of carbonyl (C=O) groups excluding carboxylic acids is 2. The molecular formula is C19H18N2O4. The second-order valence-electron chi connectivity index (χ2n) is 5.43. The second-order valence-corrected chi connectivity index (χ2v) is 5.43. The Morgan fingerprint density at radius 3 is 2.68 bits per heavy atom. The molecule has 6 heteroatoms. The number of esters is 1. The van der Waals surface area contributed by atoms with Gasteiger partial charge in [-0.1, -0.05) is 6.07 Å². The number of carbonyl (C=O) groups is 2. The first-order valence-corrected chi connectivity index (χ1v) is 7.86. The Balaban J connectivity index is 2.30. The van der Waals surface area contributed by atoms with Gasteiger partial charge in [0, 0.05) is 12.0 Å². The Morgan fingerprint density at radius 2 is 2.00 bits per heavy atom. The van der Waals surface area contributed by atoms with Gasteiger partial charge < -0.3 is 9.84 Å². The number of pyridine rings is 1. The summed E-state index contributed by atoms with van der Waals surface area (Å²) in [5, 5.41) is 19.0. The molecule has 1 N–H and O–H groups in total. The molecule has 0 unspecified atom stereocenters. The molecule has 6 nitrogen and oxygen atoms in total. The van der Waals surface area contributed by atoms with Crippen LogP contribution in [0.1, 0.15) is 41.4 Å². The van der Waals surface area contributed by atoms with Crippen molar-refractivity contribution in [2.75, 3.05) is 6.61 Å². The number of hydrogen-bond acceptors (Lipinski definition) is 6. The van der Waals surface area contributed by atoms with Crippen molar-refractivity contribution in [2.24, 2.45) is 0 Å². The van der Waals surface area contributed by atoms with Gasteiger partial charge in [0.15, 0.2) is 5.78 Å². The molecule has 0 spiro atoms. The van der Waals surface area contributed by atoms with Crippen LogP contribution in [-0.4, -0.2) is 28.4 Å². The molecule has 0 amide bonds. The van der Waals surface area contributed by atoms with Crippen LogP contribution in [0, 0.1) is 18.3 Å². The zero-order valence-corrected chi connectivity index (χ0v) is 14.1. The van der Waals surface area contributed by atoms with Gasteiger partial charge in [0.1, 0.15) is 11.4 Å². The van der Waals surface area contributed by atoms with E-state index in [4.69, 9.17) is 10.00 Å². The second kappa shape index (κ2) is 8.06. The first-order chi connectivity index (χ1) is 12.0. The van der Waals surface area contributed by atoms with Crippen LogP contribution in [0.2, 0.25) is 0 Å². The molecule has 0 saturated heterocycles. The number of rotatable bonds is 6. The quantitative estimate of drug-likeness (QED) is 0.641. The summed E-state index contributed by atoms with van der Waals surface area (Å²) in [6.07, 6.45) is -0.166. The van der Waals surface area contributed by atoms with Crippen LogP contribution in [0.15, 0.2) is 30.3 Å². The fourth-order valence-electron chi connectivity index (χ4n) is 2.34. The highest BCUT2D eigenvalue weighted by Crippen LogP contribution is 2.27. The molecule has 0 saturated carbocycles. The largest absolute Gasteiger partial charge is 0.506 e. The van der Waals surface area contributed by atoms with Crippen molar-refractivity contribution in [1.29, 1.82) is 5.26 Å². The zero-order valence-electron chi connectivity index (χ0n) is 14.1. The van der Waals surface area contributed by atoms with Crippen molar-refractivity contribution in [1.82, 2.24) is 4.98 Å². The molecule has 25 heavy (non-hydrogen) atoms. The molecule has 0 fully saturated rings. The maximum absolute atomic E-state index is 12.3. The first-order valence-electron chi connectivity index (χ1n) is 7.86. The van der Waals surface area contributed by atoms with Crippen LogP contribution in [0.3, 0.4) is 0 Å². The van der Waals surface area contributed by atoms with E-state index in [0.717, 1.165) is 5.56 Å². The Morgan fingerprint density at radius 1 is 1.24 bits per heavy atom. The van der Waals surface area contributed by atoms with Crippen molar-refractivity contribution >= 4 is 11.8 Å². The fourth-order valence-corrected chi connectivity index (χ4v) is 2.34. The highest BCUT2D eigenvalue weighted by atomic mass is 16.5. The number of Topliss-reactive ketones (excluding diaryl/α,β-unsaturated/α-hetero) is 1. The van der Waals surface area contributed by atoms with Crippen molar-refractivity contribution in [2.45, 2.75) is 26.7 Å². The van der Waals surface area contributed by atoms with E-state index in [0.29, 0.717) is 16.8 Å². The van der Waals surface area contributed by atoms with Gasteiger partial charge in [0.25, 0.3) is 0 Å². The average molecular weight is 338 g/mol. The SMILES string of the molecule is CCOC(=O)CCC(=O)c1nc(-c2cc(C#N)ccc2C)ccc1O. The summed E-state index contributed by atoms with van der Waals surface area (Å²) < 4.78 is 4.79. The highest BCUT2D eigenvalue weighted by molar-refractivity contribution is 5.98. The lowest BCUT2D eigenvalue weighted by atomic mass is 10.0. The number of ketones is 1. The van der Waals surface area contributed by atoms with Crippen molar-refractivity contribution in [3.05, 3.63) is 47.2 Å². The maximum Gasteiger partial charge on any atom is 0.306 e. The van der Waals surface area contributed by atoms with E-state index in [9.17, 15) is 14.7 Å². The van der Waals surface area contributed by atoms with E-state index in [1.165, 1.54) is 6.07 Å².